The molecule has 0 amide bonds. The topological polar surface area (TPSA) is 58.9 Å². The number of aromatic nitrogens is 3. The number of aliphatic hydroxyl groups is 1. The zero-order chi connectivity index (χ0) is 18.3. The molecular weight excluding hydrogens is 330 g/mol. The van der Waals surface area contributed by atoms with Crippen LogP contribution >= 0.6 is 11.8 Å². The lowest BCUT2D eigenvalue weighted by Gasteiger charge is -1.70. The predicted octanol–water partition coefficient (Wildman–Crippen LogP) is 4.37. The molecule has 1 aliphatic rings. The average Bonchev–Trinajstić information content (AvgIpc) is 3.35. The highest BCUT2D eigenvalue weighted by molar-refractivity contribution is 7.99. The summed E-state index contributed by atoms with van der Waals surface area (Å²) in [5.74, 6) is 2.83. The molecule has 4 nitrogen and oxygen atoms in total. The first kappa shape index (κ1) is 22.8. The van der Waals surface area contributed by atoms with E-state index in [0.29, 0.717) is 0 Å². The summed E-state index contributed by atoms with van der Waals surface area (Å²) in [5.41, 5.74) is 0. The van der Waals surface area contributed by atoms with E-state index in [0.717, 1.165) is 7.11 Å². The second-order valence-electron chi connectivity index (χ2n) is 4.39. The van der Waals surface area contributed by atoms with Crippen LogP contribution in [0, 0.1) is 0 Å². The Kier molecular flexibility index (Phi) is 19.8. The molecule has 0 spiro atoms. The van der Waals surface area contributed by atoms with Gasteiger partial charge in [0.15, 0.2) is 0 Å². The summed E-state index contributed by atoms with van der Waals surface area (Å²) >= 11 is 2.07. The van der Waals surface area contributed by atoms with Crippen molar-refractivity contribution in [3.63, 3.8) is 0 Å². The lowest BCUT2D eigenvalue weighted by molar-refractivity contribution is 0.399. The second kappa shape index (κ2) is 21.8. The molecule has 134 valence electrons. The fraction of sp³-hybridized carbons (Fsp3) is 0.250. The standard InChI is InChI=1S/3C5H5N.C4H8S.CH4O/c3*1-2-4-6-5-3-1;1-2-4-5-3-1;1-2/h3*1-5H;1-4H2;2H,1H3. The van der Waals surface area contributed by atoms with E-state index >= 15 is 0 Å². The summed E-state index contributed by atoms with van der Waals surface area (Å²) in [4.78, 5) is 11.4. The molecule has 4 rings (SSSR count). The molecule has 5 heteroatoms. The fourth-order valence-electron chi connectivity index (χ4n) is 1.45. The zero-order valence-electron chi connectivity index (χ0n) is 14.7. The normalized spacial score (nSPS) is 10.8. The van der Waals surface area contributed by atoms with Gasteiger partial charge in [0.05, 0.1) is 0 Å². The van der Waals surface area contributed by atoms with Crippen LogP contribution in [0.5, 0.6) is 0 Å². The third-order valence-electron chi connectivity index (χ3n) is 2.53. The van der Waals surface area contributed by atoms with Crippen LogP contribution in [-0.4, -0.2) is 38.7 Å². The lowest BCUT2D eigenvalue weighted by atomic mass is 10.4. The summed E-state index contributed by atoms with van der Waals surface area (Å²) in [7, 11) is 1.00. The molecule has 1 fully saturated rings. The van der Waals surface area contributed by atoms with Gasteiger partial charge in [-0.2, -0.15) is 11.8 Å². The fourth-order valence-corrected chi connectivity index (χ4v) is 2.47. The molecule has 3 aromatic rings. The van der Waals surface area contributed by atoms with Crippen LogP contribution < -0.4 is 0 Å². The number of aliphatic hydroxyl groups excluding tert-OH is 1. The summed E-state index contributed by atoms with van der Waals surface area (Å²) in [5, 5.41) is 7.00. The Bertz CT molecular complexity index is 375. The lowest BCUT2D eigenvalue weighted by Crippen LogP contribution is -1.58. The monoisotopic (exact) mass is 357 g/mol. The first-order valence-electron chi connectivity index (χ1n) is 8.07. The van der Waals surface area contributed by atoms with E-state index < -0.39 is 0 Å². The van der Waals surface area contributed by atoms with E-state index in [4.69, 9.17) is 5.11 Å². The van der Waals surface area contributed by atoms with Crippen LogP contribution in [-0.2, 0) is 0 Å². The van der Waals surface area contributed by atoms with Crippen LogP contribution in [0.3, 0.4) is 0 Å². The van der Waals surface area contributed by atoms with Crippen molar-refractivity contribution in [3.05, 3.63) is 91.8 Å². The minimum absolute atomic E-state index is 1.00. The van der Waals surface area contributed by atoms with Crippen LogP contribution in [0.1, 0.15) is 12.8 Å². The number of thioether (sulfide) groups is 1. The Balaban J connectivity index is 0.000000298. The zero-order valence-corrected chi connectivity index (χ0v) is 15.5. The van der Waals surface area contributed by atoms with Crippen molar-refractivity contribution in [3.8, 4) is 0 Å². The van der Waals surface area contributed by atoms with Crippen LogP contribution in [0.2, 0.25) is 0 Å². The van der Waals surface area contributed by atoms with Crippen LogP contribution in [0.15, 0.2) is 91.8 Å². The number of hydrogen-bond donors (Lipinski definition) is 1. The molecule has 4 heterocycles. The van der Waals surface area contributed by atoms with Crippen molar-refractivity contribution in [2.75, 3.05) is 18.6 Å². The van der Waals surface area contributed by atoms with Gasteiger partial charge in [-0.15, -0.1) is 0 Å². The van der Waals surface area contributed by atoms with E-state index in [-0.39, 0.29) is 0 Å². The van der Waals surface area contributed by atoms with Crippen molar-refractivity contribution in [2.45, 2.75) is 12.8 Å². The second-order valence-corrected chi connectivity index (χ2v) is 5.62. The van der Waals surface area contributed by atoms with Crippen LogP contribution in [0.25, 0.3) is 0 Å². The number of nitrogens with zero attached hydrogens (tertiary/aromatic N) is 3. The Morgan fingerprint density at radius 2 is 0.800 bits per heavy atom. The van der Waals surface area contributed by atoms with Crippen molar-refractivity contribution < 1.29 is 5.11 Å². The maximum atomic E-state index is 7.00. The Morgan fingerprint density at radius 3 is 0.880 bits per heavy atom. The molecule has 25 heavy (non-hydrogen) atoms. The van der Waals surface area contributed by atoms with Gasteiger partial charge in [-0.25, -0.2) is 0 Å². The molecule has 3 aromatic heterocycles. The third-order valence-corrected chi connectivity index (χ3v) is 3.68. The van der Waals surface area contributed by atoms with Gasteiger partial charge in [0.1, 0.15) is 0 Å². The molecule has 0 aliphatic carbocycles. The van der Waals surface area contributed by atoms with E-state index in [9.17, 15) is 0 Å². The molecule has 0 radical (unpaired) electrons. The highest BCUT2D eigenvalue weighted by Crippen LogP contribution is 2.14. The molecule has 0 aromatic carbocycles. The summed E-state index contributed by atoms with van der Waals surface area (Å²) in [6.07, 6.45) is 13.4. The highest BCUT2D eigenvalue weighted by atomic mass is 32.2. The summed E-state index contributed by atoms with van der Waals surface area (Å²) < 4.78 is 0. The van der Waals surface area contributed by atoms with Gasteiger partial charge in [0.2, 0.25) is 0 Å². The average molecular weight is 358 g/mol. The summed E-state index contributed by atoms with van der Waals surface area (Å²) in [6.45, 7) is 0. The number of hydrogen-bond acceptors (Lipinski definition) is 5. The van der Waals surface area contributed by atoms with E-state index in [1.165, 1.54) is 24.3 Å². The largest absolute Gasteiger partial charge is 0.400 e. The Hall–Kier alpha value is -2.24. The van der Waals surface area contributed by atoms with Gasteiger partial charge in [-0.1, -0.05) is 18.2 Å². The SMILES string of the molecule is C1CCSC1.CO.c1ccncc1.c1ccncc1.c1ccncc1. The quantitative estimate of drug-likeness (QED) is 0.647. The van der Waals surface area contributed by atoms with E-state index in [1.54, 1.807) is 37.2 Å². The van der Waals surface area contributed by atoms with Gasteiger partial charge in [-0.3, -0.25) is 15.0 Å². The first-order chi connectivity index (χ1) is 12.5. The number of rotatable bonds is 0. The molecule has 0 atom stereocenters. The van der Waals surface area contributed by atoms with E-state index in [2.05, 4.69) is 26.7 Å². The maximum absolute atomic E-state index is 7.00. The minimum atomic E-state index is 1.00. The van der Waals surface area contributed by atoms with Gasteiger partial charge in [0, 0.05) is 44.3 Å². The van der Waals surface area contributed by atoms with Gasteiger partial charge < -0.3 is 5.11 Å². The molecule has 1 saturated heterocycles. The smallest absolute Gasteiger partial charge is 0.0319 e. The van der Waals surface area contributed by atoms with Gasteiger partial charge in [0.25, 0.3) is 0 Å². The van der Waals surface area contributed by atoms with Crippen molar-refractivity contribution >= 4 is 11.8 Å². The van der Waals surface area contributed by atoms with Crippen molar-refractivity contribution in [1.29, 1.82) is 0 Å². The number of pyridine rings is 3. The van der Waals surface area contributed by atoms with Crippen molar-refractivity contribution in [2.24, 2.45) is 0 Å². The third kappa shape index (κ3) is 19.7. The molecule has 0 unspecified atom stereocenters. The molecule has 0 saturated carbocycles. The Labute approximate surface area is 155 Å². The molecule has 1 aliphatic heterocycles. The maximum Gasteiger partial charge on any atom is 0.0319 e. The van der Waals surface area contributed by atoms with Crippen molar-refractivity contribution in [1.82, 2.24) is 15.0 Å². The molecule has 1 N–H and O–H groups in total. The Morgan fingerprint density at radius 1 is 0.520 bits per heavy atom. The summed E-state index contributed by atoms with van der Waals surface area (Å²) in [6, 6.07) is 17.1. The highest BCUT2D eigenvalue weighted by Gasteiger charge is 1.95. The predicted molar refractivity (Wildman–Crippen MR) is 107 cm³/mol. The van der Waals surface area contributed by atoms with Gasteiger partial charge >= 0.3 is 0 Å². The first-order valence-corrected chi connectivity index (χ1v) is 9.23. The molecule has 0 bridgehead atoms. The van der Waals surface area contributed by atoms with Gasteiger partial charge in [-0.05, 0) is 60.7 Å². The van der Waals surface area contributed by atoms with E-state index in [1.807, 2.05) is 54.6 Å². The molecular formula is C20H27N3OS. The minimum Gasteiger partial charge on any atom is -0.400 e. The van der Waals surface area contributed by atoms with Crippen LogP contribution in [0.4, 0.5) is 0 Å².